The highest BCUT2D eigenvalue weighted by atomic mass is 32.2. The number of sulfonamides is 1. The second kappa shape index (κ2) is 9.44. The summed E-state index contributed by atoms with van der Waals surface area (Å²) in [5.74, 6) is -1.13. The van der Waals surface area contributed by atoms with Gasteiger partial charge in [-0.05, 0) is 41.7 Å². The van der Waals surface area contributed by atoms with Crippen molar-refractivity contribution in [3.05, 3.63) is 60.2 Å². The SMILES string of the molecule is CC(C)(C)CC(=O)N(CCc1ccccc1)C1CC(=O)N(c2ccc(S(N)(=O)=O)cc2)C1=O. The number of nitrogens with two attached hydrogens (primary N) is 1. The van der Waals surface area contributed by atoms with E-state index in [2.05, 4.69) is 0 Å². The maximum Gasteiger partial charge on any atom is 0.257 e. The molecule has 2 N–H and O–H groups in total. The van der Waals surface area contributed by atoms with E-state index in [-0.39, 0.29) is 34.7 Å². The second-order valence-corrected chi connectivity index (χ2v) is 10.9. The van der Waals surface area contributed by atoms with Crippen molar-refractivity contribution in [3.8, 4) is 0 Å². The van der Waals surface area contributed by atoms with E-state index in [1.165, 1.54) is 29.2 Å². The van der Waals surface area contributed by atoms with Gasteiger partial charge >= 0.3 is 0 Å². The van der Waals surface area contributed by atoms with E-state index in [1.807, 2.05) is 51.1 Å². The number of carbonyl (C=O) groups is 3. The van der Waals surface area contributed by atoms with Gasteiger partial charge in [-0.2, -0.15) is 0 Å². The smallest absolute Gasteiger partial charge is 0.257 e. The summed E-state index contributed by atoms with van der Waals surface area (Å²) in [5.41, 5.74) is 0.987. The van der Waals surface area contributed by atoms with Crippen molar-refractivity contribution in [3.63, 3.8) is 0 Å². The zero-order chi connectivity index (χ0) is 24.4. The first kappa shape index (κ1) is 24.6. The lowest BCUT2D eigenvalue weighted by molar-refractivity contribution is -0.139. The van der Waals surface area contributed by atoms with E-state index in [0.717, 1.165) is 10.5 Å². The summed E-state index contributed by atoms with van der Waals surface area (Å²) in [6.45, 7) is 6.14. The molecule has 0 saturated carbocycles. The Kier molecular flexibility index (Phi) is 7.04. The molecule has 1 fully saturated rings. The van der Waals surface area contributed by atoms with Crippen molar-refractivity contribution in [2.75, 3.05) is 11.4 Å². The van der Waals surface area contributed by atoms with Crippen LogP contribution in [-0.2, 0) is 30.8 Å². The van der Waals surface area contributed by atoms with Gasteiger partial charge < -0.3 is 4.90 Å². The number of nitrogens with zero attached hydrogens (tertiary/aromatic N) is 2. The third kappa shape index (κ3) is 6.06. The molecular weight excluding hydrogens is 442 g/mol. The van der Waals surface area contributed by atoms with Crippen molar-refractivity contribution in [2.24, 2.45) is 10.6 Å². The number of amides is 3. The first-order valence-electron chi connectivity index (χ1n) is 10.7. The molecule has 33 heavy (non-hydrogen) atoms. The minimum atomic E-state index is -3.90. The number of rotatable bonds is 7. The lowest BCUT2D eigenvalue weighted by atomic mass is 9.91. The lowest BCUT2D eigenvalue weighted by Gasteiger charge is -2.30. The molecule has 0 radical (unpaired) electrons. The molecule has 0 aliphatic carbocycles. The number of anilines is 1. The summed E-state index contributed by atoms with van der Waals surface area (Å²) in [4.78, 5) is 41.7. The van der Waals surface area contributed by atoms with Crippen LogP contribution in [0.4, 0.5) is 5.69 Å². The van der Waals surface area contributed by atoms with Gasteiger partial charge in [0.15, 0.2) is 0 Å². The topological polar surface area (TPSA) is 118 Å². The molecule has 1 unspecified atom stereocenters. The molecule has 0 aromatic heterocycles. The maximum absolute atomic E-state index is 13.3. The molecule has 8 nitrogen and oxygen atoms in total. The average Bonchev–Trinajstić information content (AvgIpc) is 3.01. The maximum atomic E-state index is 13.3. The lowest BCUT2D eigenvalue weighted by Crippen LogP contribution is -2.47. The Balaban J connectivity index is 1.86. The average molecular weight is 472 g/mol. The fourth-order valence-electron chi connectivity index (χ4n) is 3.82. The van der Waals surface area contributed by atoms with Gasteiger partial charge in [0.1, 0.15) is 6.04 Å². The summed E-state index contributed by atoms with van der Waals surface area (Å²) >= 11 is 0. The molecule has 1 aliphatic rings. The Morgan fingerprint density at radius 3 is 2.21 bits per heavy atom. The van der Waals surface area contributed by atoms with E-state index < -0.39 is 27.9 Å². The molecule has 9 heteroatoms. The molecular formula is C24H29N3O5S. The minimum absolute atomic E-state index is 0.119. The monoisotopic (exact) mass is 471 g/mol. The molecule has 2 aromatic carbocycles. The highest BCUT2D eigenvalue weighted by Crippen LogP contribution is 2.29. The molecule has 1 atom stereocenters. The van der Waals surface area contributed by atoms with Gasteiger partial charge in [-0.3, -0.25) is 14.4 Å². The van der Waals surface area contributed by atoms with E-state index in [1.54, 1.807) is 0 Å². The highest BCUT2D eigenvalue weighted by Gasteiger charge is 2.44. The third-order valence-corrected chi connectivity index (χ3v) is 6.34. The number of imide groups is 1. The first-order chi connectivity index (χ1) is 15.4. The predicted molar refractivity (Wildman–Crippen MR) is 125 cm³/mol. The zero-order valence-electron chi connectivity index (χ0n) is 19.0. The molecule has 1 saturated heterocycles. The first-order valence-corrected chi connectivity index (χ1v) is 12.2. The quantitative estimate of drug-likeness (QED) is 0.623. The van der Waals surface area contributed by atoms with Gasteiger partial charge in [0.25, 0.3) is 5.91 Å². The Bertz CT molecular complexity index is 1140. The molecule has 3 amide bonds. The minimum Gasteiger partial charge on any atom is -0.330 e. The Morgan fingerprint density at radius 1 is 1.06 bits per heavy atom. The van der Waals surface area contributed by atoms with E-state index in [0.29, 0.717) is 13.0 Å². The van der Waals surface area contributed by atoms with Crippen LogP contribution in [0.3, 0.4) is 0 Å². The van der Waals surface area contributed by atoms with Crippen LogP contribution in [0.5, 0.6) is 0 Å². The largest absolute Gasteiger partial charge is 0.330 e. The van der Waals surface area contributed by atoms with Crippen LogP contribution in [0.1, 0.15) is 39.2 Å². The van der Waals surface area contributed by atoms with Crippen molar-refractivity contribution in [1.82, 2.24) is 4.90 Å². The van der Waals surface area contributed by atoms with Crippen LogP contribution in [0.15, 0.2) is 59.5 Å². The third-order valence-electron chi connectivity index (χ3n) is 5.41. The molecule has 1 aliphatic heterocycles. The predicted octanol–water partition coefficient (Wildman–Crippen LogP) is 2.47. The van der Waals surface area contributed by atoms with Crippen LogP contribution in [0, 0.1) is 5.41 Å². The highest BCUT2D eigenvalue weighted by molar-refractivity contribution is 7.89. The summed E-state index contributed by atoms with van der Waals surface area (Å²) in [6.07, 6.45) is 0.668. The Labute approximate surface area is 194 Å². The van der Waals surface area contributed by atoms with Crippen molar-refractivity contribution >= 4 is 33.4 Å². The van der Waals surface area contributed by atoms with Crippen LogP contribution in [0.25, 0.3) is 0 Å². The van der Waals surface area contributed by atoms with Gasteiger partial charge in [-0.1, -0.05) is 51.1 Å². The second-order valence-electron chi connectivity index (χ2n) is 9.39. The summed E-state index contributed by atoms with van der Waals surface area (Å²) < 4.78 is 23.0. The van der Waals surface area contributed by atoms with E-state index in [9.17, 15) is 22.8 Å². The number of carbonyl (C=O) groups excluding carboxylic acids is 3. The van der Waals surface area contributed by atoms with Gasteiger partial charge in [0, 0.05) is 13.0 Å². The van der Waals surface area contributed by atoms with Crippen LogP contribution >= 0.6 is 0 Å². The normalized spacial score (nSPS) is 16.8. The van der Waals surface area contributed by atoms with Crippen molar-refractivity contribution in [1.29, 1.82) is 0 Å². The summed E-state index contributed by atoms with van der Waals surface area (Å²) in [5, 5.41) is 5.12. The molecule has 176 valence electrons. The molecule has 1 heterocycles. The van der Waals surface area contributed by atoms with Crippen molar-refractivity contribution in [2.45, 2.75) is 51.0 Å². The van der Waals surface area contributed by atoms with E-state index >= 15 is 0 Å². The van der Waals surface area contributed by atoms with Gasteiger partial charge in [0.2, 0.25) is 21.8 Å². The zero-order valence-corrected chi connectivity index (χ0v) is 19.8. The number of primary sulfonamides is 1. The number of hydrogen-bond acceptors (Lipinski definition) is 5. The van der Waals surface area contributed by atoms with Crippen LogP contribution in [0.2, 0.25) is 0 Å². The van der Waals surface area contributed by atoms with Gasteiger partial charge in [-0.25, -0.2) is 18.5 Å². The van der Waals surface area contributed by atoms with E-state index in [4.69, 9.17) is 5.14 Å². The Morgan fingerprint density at radius 2 is 1.67 bits per heavy atom. The van der Waals surface area contributed by atoms with Crippen LogP contribution in [-0.4, -0.2) is 43.6 Å². The molecule has 0 bridgehead atoms. The Hall–Kier alpha value is -3.04. The molecule has 2 aromatic rings. The number of hydrogen-bond donors (Lipinski definition) is 1. The van der Waals surface area contributed by atoms with Crippen LogP contribution < -0.4 is 10.0 Å². The summed E-state index contributed by atoms with van der Waals surface area (Å²) in [6, 6.07) is 13.9. The number of benzene rings is 2. The van der Waals surface area contributed by atoms with Crippen molar-refractivity contribution < 1.29 is 22.8 Å². The standard InChI is InChI=1S/C24H29N3O5S/c1-24(2,3)16-22(29)26(14-13-17-7-5-4-6-8-17)20-15-21(28)27(23(20)30)18-9-11-19(12-10-18)33(25,31)32/h4-12,20H,13-16H2,1-3H3,(H2,25,31,32). The fourth-order valence-corrected chi connectivity index (χ4v) is 4.33. The van der Waals surface area contributed by atoms with Gasteiger partial charge in [0.05, 0.1) is 17.0 Å². The molecule has 3 rings (SSSR count). The molecule has 0 spiro atoms. The fraction of sp³-hybridized carbons (Fsp3) is 0.375. The summed E-state index contributed by atoms with van der Waals surface area (Å²) in [7, 11) is -3.90. The van der Waals surface area contributed by atoms with Gasteiger partial charge in [-0.15, -0.1) is 0 Å².